The predicted octanol–water partition coefficient (Wildman–Crippen LogP) is 3.57. The molecule has 100 valence electrons. The highest BCUT2D eigenvalue weighted by molar-refractivity contribution is 6.33. The average Bonchev–Trinajstić information content (AvgIpc) is 2.46. The van der Waals surface area contributed by atoms with Crippen molar-refractivity contribution in [2.45, 2.75) is 0 Å². The van der Waals surface area contributed by atoms with Gasteiger partial charge >= 0.3 is 0 Å². The Morgan fingerprint density at radius 2 is 1.90 bits per heavy atom. The van der Waals surface area contributed by atoms with Crippen molar-refractivity contribution >= 4 is 34.3 Å². The molecular formula is C15H13ClN4. The molecule has 5 heteroatoms. The highest BCUT2D eigenvalue weighted by Crippen LogP contribution is 2.31. The molecule has 0 aliphatic heterocycles. The summed E-state index contributed by atoms with van der Waals surface area (Å²) in [5, 5.41) is 4.66. The number of nitrogen functional groups attached to an aromatic ring is 1. The van der Waals surface area contributed by atoms with Crippen LogP contribution in [0.15, 0.2) is 42.5 Å². The van der Waals surface area contributed by atoms with Gasteiger partial charge in [-0.2, -0.15) is 4.98 Å². The SMILES string of the molecule is CNc1nc(N)nc2cc(-c3ccccc3Cl)ccc12. The van der Waals surface area contributed by atoms with Crippen LogP contribution in [0, 0.1) is 0 Å². The Hall–Kier alpha value is -2.33. The van der Waals surface area contributed by atoms with Gasteiger partial charge in [-0.1, -0.05) is 35.9 Å². The summed E-state index contributed by atoms with van der Waals surface area (Å²) >= 11 is 6.23. The molecule has 3 N–H and O–H groups in total. The third-order valence-electron chi connectivity index (χ3n) is 3.14. The fraction of sp³-hybridized carbons (Fsp3) is 0.0667. The second kappa shape index (κ2) is 4.98. The van der Waals surface area contributed by atoms with E-state index in [1.54, 1.807) is 0 Å². The second-order valence-electron chi connectivity index (χ2n) is 4.39. The van der Waals surface area contributed by atoms with E-state index < -0.39 is 0 Å². The lowest BCUT2D eigenvalue weighted by Crippen LogP contribution is -2.01. The molecule has 2 aromatic carbocycles. The Balaban J connectivity index is 2.23. The molecule has 0 amide bonds. The molecule has 3 aromatic rings. The second-order valence-corrected chi connectivity index (χ2v) is 4.80. The van der Waals surface area contributed by atoms with Gasteiger partial charge < -0.3 is 11.1 Å². The largest absolute Gasteiger partial charge is 0.372 e. The van der Waals surface area contributed by atoms with Gasteiger partial charge in [-0.15, -0.1) is 0 Å². The van der Waals surface area contributed by atoms with E-state index in [4.69, 9.17) is 17.3 Å². The summed E-state index contributed by atoms with van der Waals surface area (Å²) < 4.78 is 0. The first-order valence-electron chi connectivity index (χ1n) is 6.19. The van der Waals surface area contributed by atoms with Crippen LogP contribution >= 0.6 is 11.6 Å². The van der Waals surface area contributed by atoms with E-state index in [0.29, 0.717) is 5.02 Å². The number of nitrogens with zero attached hydrogens (tertiary/aromatic N) is 2. The van der Waals surface area contributed by atoms with E-state index in [2.05, 4.69) is 15.3 Å². The van der Waals surface area contributed by atoms with Crippen LogP contribution in [-0.2, 0) is 0 Å². The topological polar surface area (TPSA) is 63.8 Å². The first-order chi connectivity index (χ1) is 9.69. The molecule has 1 aromatic heterocycles. The van der Waals surface area contributed by atoms with Crippen LogP contribution in [0.5, 0.6) is 0 Å². The molecule has 0 atom stereocenters. The number of fused-ring (bicyclic) bond motifs is 1. The molecule has 3 rings (SSSR count). The molecule has 1 heterocycles. The minimum atomic E-state index is 0.248. The van der Waals surface area contributed by atoms with E-state index in [1.165, 1.54) is 0 Å². The summed E-state index contributed by atoms with van der Waals surface area (Å²) in [6.45, 7) is 0. The Kier molecular flexibility index (Phi) is 3.16. The Morgan fingerprint density at radius 3 is 2.65 bits per heavy atom. The minimum absolute atomic E-state index is 0.248. The third-order valence-corrected chi connectivity index (χ3v) is 3.47. The summed E-state index contributed by atoms with van der Waals surface area (Å²) in [6, 6.07) is 13.7. The van der Waals surface area contributed by atoms with Gasteiger partial charge in [-0.25, -0.2) is 4.98 Å². The Morgan fingerprint density at radius 1 is 1.10 bits per heavy atom. The fourth-order valence-electron chi connectivity index (χ4n) is 2.20. The van der Waals surface area contributed by atoms with Crippen LogP contribution in [-0.4, -0.2) is 17.0 Å². The minimum Gasteiger partial charge on any atom is -0.372 e. The number of hydrogen-bond donors (Lipinski definition) is 2. The number of nitrogens with two attached hydrogens (primary N) is 1. The lowest BCUT2D eigenvalue weighted by Gasteiger charge is -2.09. The van der Waals surface area contributed by atoms with Crippen molar-refractivity contribution in [1.82, 2.24) is 9.97 Å². The maximum Gasteiger partial charge on any atom is 0.222 e. The quantitative estimate of drug-likeness (QED) is 0.755. The van der Waals surface area contributed by atoms with E-state index in [-0.39, 0.29) is 5.95 Å². The zero-order chi connectivity index (χ0) is 14.1. The zero-order valence-corrected chi connectivity index (χ0v) is 11.6. The van der Waals surface area contributed by atoms with Crippen molar-refractivity contribution in [2.75, 3.05) is 18.1 Å². The van der Waals surface area contributed by atoms with Gasteiger partial charge in [0.2, 0.25) is 5.95 Å². The molecule has 0 radical (unpaired) electrons. The van der Waals surface area contributed by atoms with Crippen LogP contribution in [0.3, 0.4) is 0 Å². The average molecular weight is 285 g/mol. The standard InChI is InChI=1S/C15H13ClN4/c1-18-14-11-7-6-9(8-13(11)19-15(17)20-14)10-4-2-3-5-12(10)16/h2-8H,1H3,(H3,17,18,19,20). The molecule has 0 fully saturated rings. The smallest absolute Gasteiger partial charge is 0.222 e. The van der Waals surface area contributed by atoms with Gasteiger partial charge in [0.05, 0.1) is 5.52 Å². The summed E-state index contributed by atoms with van der Waals surface area (Å²) in [4.78, 5) is 8.45. The van der Waals surface area contributed by atoms with Crippen molar-refractivity contribution in [1.29, 1.82) is 0 Å². The zero-order valence-electron chi connectivity index (χ0n) is 10.9. The number of anilines is 2. The number of benzene rings is 2. The van der Waals surface area contributed by atoms with Crippen molar-refractivity contribution < 1.29 is 0 Å². The van der Waals surface area contributed by atoms with Crippen LogP contribution in [0.1, 0.15) is 0 Å². The first kappa shape index (κ1) is 12.7. The van der Waals surface area contributed by atoms with Gasteiger partial charge in [0.25, 0.3) is 0 Å². The number of rotatable bonds is 2. The molecule has 0 aliphatic rings. The molecule has 0 saturated heterocycles. The van der Waals surface area contributed by atoms with Crippen molar-refractivity contribution in [3.05, 3.63) is 47.5 Å². The van der Waals surface area contributed by atoms with E-state index >= 15 is 0 Å². The van der Waals surface area contributed by atoms with Crippen molar-refractivity contribution in [3.63, 3.8) is 0 Å². The van der Waals surface area contributed by atoms with Gasteiger partial charge in [0, 0.05) is 23.0 Å². The summed E-state index contributed by atoms with van der Waals surface area (Å²) in [5.41, 5.74) is 8.50. The van der Waals surface area contributed by atoms with Crippen molar-refractivity contribution in [3.8, 4) is 11.1 Å². The molecule has 0 saturated carbocycles. The number of hydrogen-bond acceptors (Lipinski definition) is 4. The summed E-state index contributed by atoms with van der Waals surface area (Å²) in [5.74, 6) is 0.969. The highest BCUT2D eigenvalue weighted by atomic mass is 35.5. The van der Waals surface area contributed by atoms with Crippen molar-refractivity contribution in [2.24, 2.45) is 0 Å². The maximum atomic E-state index is 6.23. The highest BCUT2D eigenvalue weighted by Gasteiger charge is 2.08. The monoisotopic (exact) mass is 284 g/mol. The fourth-order valence-corrected chi connectivity index (χ4v) is 2.45. The van der Waals surface area contributed by atoms with Gasteiger partial charge in [0.15, 0.2) is 0 Å². The van der Waals surface area contributed by atoms with Gasteiger partial charge in [-0.05, 0) is 23.8 Å². The predicted molar refractivity (Wildman–Crippen MR) is 83.9 cm³/mol. The normalized spacial score (nSPS) is 10.7. The lowest BCUT2D eigenvalue weighted by atomic mass is 10.0. The van der Waals surface area contributed by atoms with Gasteiger partial charge in [0.1, 0.15) is 5.82 Å². The molecule has 0 unspecified atom stereocenters. The Bertz CT molecular complexity index is 786. The number of halogens is 1. The van der Waals surface area contributed by atoms with E-state index in [0.717, 1.165) is 27.8 Å². The summed E-state index contributed by atoms with van der Waals surface area (Å²) in [7, 11) is 1.81. The molecule has 0 spiro atoms. The molecule has 20 heavy (non-hydrogen) atoms. The lowest BCUT2D eigenvalue weighted by molar-refractivity contribution is 1.22. The van der Waals surface area contributed by atoms with Gasteiger partial charge in [-0.3, -0.25) is 0 Å². The number of nitrogens with one attached hydrogen (secondary N) is 1. The van der Waals surface area contributed by atoms with Crippen LogP contribution in [0.2, 0.25) is 5.02 Å². The Labute approximate surface area is 121 Å². The molecule has 0 aliphatic carbocycles. The van der Waals surface area contributed by atoms with Crippen LogP contribution in [0.25, 0.3) is 22.0 Å². The molecule has 0 bridgehead atoms. The molecule has 4 nitrogen and oxygen atoms in total. The number of aromatic nitrogens is 2. The van der Waals surface area contributed by atoms with E-state index in [1.807, 2.05) is 49.5 Å². The van der Waals surface area contributed by atoms with E-state index in [9.17, 15) is 0 Å². The third kappa shape index (κ3) is 2.14. The summed E-state index contributed by atoms with van der Waals surface area (Å²) in [6.07, 6.45) is 0. The molecular weight excluding hydrogens is 272 g/mol. The van der Waals surface area contributed by atoms with Crippen LogP contribution in [0.4, 0.5) is 11.8 Å². The first-order valence-corrected chi connectivity index (χ1v) is 6.57. The van der Waals surface area contributed by atoms with Crippen LogP contribution < -0.4 is 11.1 Å². The maximum absolute atomic E-state index is 6.23.